The van der Waals surface area contributed by atoms with E-state index in [-0.39, 0.29) is 16.6 Å². The Morgan fingerprint density at radius 3 is 2.74 bits per heavy atom. The lowest BCUT2D eigenvalue weighted by atomic mass is 10.0. The van der Waals surface area contributed by atoms with Crippen LogP contribution >= 0.6 is 46.3 Å². The Hall–Kier alpha value is -1.55. The smallest absolute Gasteiger partial charge is 0.230 e. The van der Waals surface area contributed by atoms with Crippen LogP contribution in [0.15, 0.2) is 40.7 Å². The van der Waals surface area contributed by atoms with E-state index < -0.39 is 0 Å². The number of fused-ring (bicyclic) bond motifs is 1. The number of nitrogens with one attached hydrogen (secondary N) is 1. The van der Waals surface area contributed by atoms with Crippen molar-refractivity contribution < 1.29 is 9.44 Å². The normalized spacial score (nSPS) is 21.3. The predicted molar refractivity (Wildman–Crippen MR) is 129 cm³/mol. The highest BCUT2D eigenvalue weighted by atomic mass is 35.5. The van der Waals surface area contributed by atoms with Crippen LogP contribution in [0.5, 0.6) is 0 Å². The first-order chi connectivity index (χ1) is 14.8. The second-order valence-electron chi connectivity index (χ2n) is 7.75. The molecular weight excluding hydrogens is 475 g/mol. The number of hydroxylamine groups is 3. The molecule has 164 valence electrons. The van der Waals surface area contributed by atoms with E-state index in [1.54, 1.807) is 12.1 Å². The molecule has 4 rings (SSSR count). The maximum Gasteiger partial charge on any atom is 0.230 e. The van der Waals surface area contributed by atoms with Gasteiger partial charge in [0.15, 0.2) is 4.34 Å². The van der Waals surface area contributed by atoms with Crippen LogP contribution in [0.3, 0.4) is 0 Å². The summed E-state index contributed by atoms with van der Waals surface area (Å²) in [5.74, 6) is 0.260. The summed E-state index contributed by atoms with van der Waals surface area (Å²) < 4.78 is 1.55. The lowest BCUT2D eigenvalue weighted by Gasteiger charge is -2.47. The second-order valence-corrected chi connectivity index (χ2v) is 10.8. The fourth-order valence-electron chi connectivity index (χ4n) is 3.69. The lowest BCUT2D eigenvalue weighted by molar-refractivity contribution is -0.898. The van der Waals surface area contributed by atoms with Crippen LogP contribution < -0.4 is 11.1 Å². The van der Waals surface area contributed by atoms with Crippen LogP contribution in [0.25, 0.3) is 10.2 Å². The van der Waals surface area contributed by atoms with Gasteiger partial charge in [-0.2, -0.15) is 0 Å². The van der Waals surface area contributed by atoms with Gasteiger partial charge in [0.2, 0.25) is 5.91 Å². The van der Waals surface area contributed by atoms with E-state index in [9.17, 15) is 10.0 Å². The van der Waals surface area contributed by atoms with Crippen LogP contribution in [-0.4, -0.2) is 40.4 Å². The van der Waals surface area contributed by atoms with Gasteiger partial charge in [-0.05, 0) is 30.3 Å². The fraction of sp³-hybridized carbons (Fsp3) is 0.333. The molecule has 10 heteroatoms. The van der Waals surface area contributed by atoms with E-state index in [0.29, 0.717) is 54.0 Å². The largest absolute Gasteiger partial charge is 0.633 e. The number of amides is 1. The Kier molecular flexibility index (Phi) is 6.95. The van der Waals surface area contributed by atoms with Gasteiger partial charge < -0.3 is 20.9 Å². The Balaban J connectivity index is 1.25. The van der Waals surface area contributed by atoms with Gasteiger partial charge in [-0.3, -0.25) is 4.79 Å². The van der Waals surface area contributed by atoms with Crippen LogP contribution in [0, 0.1) is 5.21 Å². The van der Waals surface area contributed by atoms with Crippen LogP contribution in [0.2, 0.25) is 10.0 Å². The molecule has 31 heavy (non-hydrogen) atoms. The van der Waals surface area contributed by atoms with Gasteiger partial charge in [-0.25, -0.2) is 4.98 Å². The number of hydrogen-bond donors (Lipinski definition) is 2. The predicted octanol–water partition coefficient (Wildman–Crippen LogP) is 5.07. The molecule has 0 aliphatic carbocycles. The molecule has 1 saturated heterocycles. The number of aromatic nitrogens is 1. The van der Waals surface area contributed by atoms with E-state index in [0.717, 1.165) is 20.1 Å². The number of nitrogens with zero attached hydrogens (tertiary/aromatic N) is 2. The molecule has 1 fully saturated rings. The van der Waals surface area contributed by atoms with Crippen molar-refractivity contribution in [2.45, 2.75) is 29.8 Å². The molecule has 2 heterocycles. The number of carbonyl (C=O) groups is 1. The quantitative estimate of drug-likeness (QED) is 0.215. The Labute approximate surface area is 198 Å². The summed E-state index contributed by atoms with van der Waals surface area (Å²) >= 11 is 15.0. The zero-order valence-corrected chi connectivity index (χ0v) is 19.8. The summed E-state index contributed by atoms with van der Waals surface area (Å²) in [4.78, 5) is 16.9. The van der Waals surface area contributed by atoms with Crippen molar-refractivity contribution in [2.75, 3.05) is 24.6 Å². The number of likely N-dealkylation sites (tertiary alicyclic amines) is 1. The third-order valence-corrected chi connectivity index (χ3v) is 8.21. The molecule has 1 amide bonds. The minimum atomic E-state index is -0.312. The summed E-state index contributed by atoms with van der Waals surface area (Å²) in [5, 5.41) is 17.1. The zero-order chi connectivity index (χ0) is 22.0. The van der Waals surface area contributed by atoms with Crippen molar-refractivity contribution in [1.82, 2.24) is 10.3 Å². The number of benzene rings is 2. The molecule has 0 spiro atoms. The number of quaternary nitrogens is 1. The average molecular weight is 497 g/mol. The summed E-state index contributed by atoms with van der Waals surface area (Å²) in [5.41, 5.74) is 8.28. The molecule has 0 atom stereocenters. The van der Waals surface area contributed by atoms with E-state index in [1.165, 1.54) is 23.1 Å². The number of carbonyl (C=O) groups excluding carboxylic acids is 1. The third kappa shape index (κ3) is 5.83. The fourth-order valence-corrected chi connectivity index (χ4v) is 5.94. The van der Waals surface area contributed by atoms with Crippen LogP contribution in [-0.2, 0) is 11.3 Å². The van der Waals surface area contributed by atoms with Crippen LogP contribution in [0.4, 0.5) is 5.69 Å². The first-order valence-corrected chi connectivity index (χ1v) is 12.4. The molecule has 1 aliphatic rings. The SMILES string of the molecule is Nc1ccc2nc(SCC(=O)NC3CC[N+]([O-])(Cc4ccc(Cl)c(Cl)c4)CC3)sc2c1. The monoisotopic (exact) mass is 496 g/mol. The molecular formula is C21H22Cl2N4O2S2. The molecule has 6 nitrogen and oxygen atoms in total. The van der Waals surface area contributed by atoms with Gasteiger partial charge in [-0.15, -0.1) is 11.3 Å². The Morgan fingerprint density at radius 2 is 2.00 bits per heavy atom. The standard InChI is InChI=1S/C21H22Cl2N4O2S2/c22-16-3-1-13(9-17(16)23)11-27(29)7-5-15(6-8-27)25-20(28)12-30-21-26-18-4-2-14(24)10-19(18)31-21/h1-4,9-10,15H,5-8,11-12,24H2,(H,25,28). The molecule has 0 bridgehead atoms. The second kappa shape index (κ2) is 9.52. The van der Waals surface area contributed by atoms with Gasteiger partial charge >= 0.3 is 0 Å². The summed E-state index contributed by atoms with van der Waals surface area (Å²) in [7, 11) is 0. The Morgan fingerprint density at radius 1 is 1.23 bits per heavy atom. The molecule has 0 radical (unpaired) electrons. The first kappa shape index (κ1) is 22.6. The zero-order valence-electron chi connectivity index (χ0n) is 16.6. The van der Waals surface area contributed by atoms with E-state index in [4.69, 9.17) is 28.9 Å². The molecule has 1 aliphatic heterocycles. The van der Waals surface area contributed by atoms with Gasteiger partial charge in [0, 0.05) is 30.1 Å². The summed E-state index contributed by atoms with van der Waals surface area (Å²) in [6.07, 6.45) is 1.31. The number of rotatable bonds is 6. The number of thiazole rings is 1. The number of nitrogen functional groups attached to an aromatic ring is 1. The molecule has 3 aromatic rings. The van der Waals surface area contributed by atoms with Crippen molar-refractivity contribution in [1.29, 1.82) is 0 Å². The van der Waals surface area contributed by atoms with E-state index >= 15 is 0 Å². The van der Waals surface area contributed by atoms with Gasteiger partial charge in [0.1, 0.15) is 6.54 Å². The van der Waals surface area contributed by atoms with Crippen molar-refractivity contribution in [2.24, 2.45) is 0 Å². The Bertz CT molecular complexity index is 1100. The average Bonchev–Trinajstić information content (AvgIpc) is 3.13. The summed E-state index contributed by atoms with van der Waals surface area (Å²) in [6, 6.07) is 10.9. The highest BCUT2D eigenvalue weighted by molar-refractivity contribution is 8.01. The number of anilines is 1. The van der Waals surface area contributed by atoms with Gasteiger partial charge in [0.25, 0.3) is 0 Å². The molecule has 1 aromatic heterocycles. The van der Waals surface area contributed by atoms with Crippen molar-refractivity contribution in [3.63, 3.8) is 0 Å². The summed E-state index contributed by atoms with van der Waals surface area (Å²) in [6.45, 7) is 1.27. The maximum atomic E-state index is 13.1. The highest BCUT2D eigenvalue weighted by Crippen LogP contribution is 2.31. The van der Waals surface area contributed by atoms with Crippen molar-refractivity contribution in [3.05, 3.63) is 57.2 Å². The number of hydrogen-bond acceptors (Lipinski definition) is 6. The first-order valence-electron chi connectivity index (χ1n) is 9.89. The molecule has 3 N–H and O–H groups in total. The van der Waals surface area contributed by atoms with Crippen molar-refractivity contribution in [3.8, 4) is 0 Å². The third-order valence-electron chi connectivity index (χ3n) is 5.31. The topological polar surface area (TPSA) is 91.1 Å². The highest BCUT2D eigenvalue weighted by Gasteiger charge is 2.28. The van der Waals surface area contributed by atoms with Crippen LogP contribution in [0.1, 0.15) is 18.4 Å². The molecule has 0 saturated carbocycles. The number of piperidine rings is 1. The minimum absolute atomic E-state index is 0.0253. The van der Waals surface area contributed by atoms with Gasteiger partial charge in [0.05, 0.1) is 39.1 Å². The van der Waals surface area contributed by atoms with E-state index in [1.807, 2.05) is 24.3 Å². The number of halogens is 2. The molecule has 2 aromatic carbocycles. The maximum absolute atomic E-state index is 13.1. The minimum Gasteiger partial charge on any atom is -0.633 e. The van der Waals surface area contributed by atoms with E-state index in [2.05, 4.69) is 10.3 Å². The lowest BCUT2D eigenvalue weighted by Crippen LogP contribution is -2.52. The van der Waals surface area contributed by atoms with Gasteiger partial charge in [-0.1, -0.05) is 41.0 Å². The van der Waals surface area contributed by atoms with Crippen molar-refractivity contribution >= 4 is 68.1 Å². The molecule has 0 unspecified atom stereocenters. The number of nitrogens with two attached hydrogens (primary N) is 1. The number of thioether (sulfide) groups is 1.